The molecule has 0 fully saturated rings. The lowest BCUT2D eigenvalue weighted by Crippen LogP contribution is -2.38. The van der Waals surface area contributed by atoms with Crippen LogP contribution < -0.4 is 0 Å². The topological polar surface area (TPSA) is 33.0 Å². The Morgan fingerprint density at radius 3 is 2.33 bits per heavy atom. The van der Waals surface area contributed by atoms with Crippen LogP contribution in [0.15, 0.2) is 24.3 Å². The minimum atomic E-state index is -1.68. The SMILES string of the molecule is CC/C=C/C=C/C(C)(C#N)O[Si](C)(C)C. The molecule has 0 aromatic heterocycles. The highest BCUT2D eigenvalue weighted by Crippen LogP contribution is 2.18. The highest BCUT2D eigenvalue weighted by atomic mass is 28.4. The quantitative estimate of drug-likeness (QED) is 0.526. The van der Waals surface area contributed by atoms with Crippen molar-refractivity contribution in [2.24, 2.45) is 0 Å². The second-order valence-electron chi connectivity index (χ2n) is 4.63. The molecule has 0 saturated heterocycles. The first-order chi connectivity index (χ1) is 6.83. The summed E-state index contributed by atoms with van der Waals surface area (Å²) >= 11 is 0. The summed E-state index contributed by atoms with van der Waals surface area (Å²) in [6.07, 6.45) is 8.69. The van der Waals surface area contributed by atoms with Crippen LogP contribution in [0.4, 0.5) is 0 Å². The Morgan fingerprint density at radius 1 is 1.33 bits per heavy atom. The second-order valence-corrected chi connectivity index (χ2v) is 9.06. The molecule has 0 aliphatic carbocycles. The van der Waals surface area contributed by atoms with Crippen molar-refractivity contribution in [3.05, 3.63) is 24.3 Å². The molecule has 0 aromatic rings. The first-order valence-electron chi connectivity index (χ1n) is 5.29. The van der Waals surface area contributed by atoms with Crippen LogP contribution in [0.5, 0.6) is 0 Å². The Kier molecular flexibility index (Phi) is 5.56. The summed E-state index contributed by atoms with van der Waals surface area (Å²) in [5.41, 5.74) is -0.789. The van der Waals surface area contributed by atoms with Crippen LogP contribution in [0, 0.1) is 11.3 Å². The summed E-state index contributed by atoms with van der Waals surface area (Å²) in [6, 6.07) is 2.20. The van der Waals surface area contributed by atoms with Gasteiger partial charge >= 0.3 is 0 Å². The highest BCUT2D eigenvalue weighted by molar-refractivity contribution is 6.69. The third kappa shape index (κ3) is 7.12. The lowest BCUT2D eigenvalue weighted by atomic mass is 10.1. The zero-order valence-electron chi connectivity index (χ0n) is 10.4. The molecule has 0 bridgehead atoms. The van der Waals surface area contributed by atoms with Crippen molar-refractivity contribution in [2.45, 2.75) is 45.5 Å². The molecule has 0 saturated carbocycles. The number of rotatable bonds is 5. The molecule has 1 unspecified atom stereocenters. The Labute approximate surface area is 94.4 Å². The highest BCUT2D eigenvalue weighted by Gasteiger charge is 2.28. The first kappa shape index (κ1) is 14.1. The van der Waals surface area contributed by atoms with Gasteiger partial charge in [0.1, 0.15) is 6.07 Å². The van der Waals surface area contributed by atoms with Gasteiger partial charge in [-0.3, -0.25) is 0 Å². The molecule has 0 heterocycles. The molecular formula is C12H21NOSi. The summed E-state index contributed by atoms with van der Waals surface area (Å²) in [5, 5.41) is 9.08. The van der Waals surface area contributed by atoms with E-state index in [1.54, 1.807) is 0 Å². The predicted molar refractivity (Wildman–Crippen MR) is 67.0 cm³/mol. The first-order valence-corrected chi connectivity index (χ1v) is 8.69. The van der Waals surface area contributed by atoms with Crippen molar-refractivity contribution in [3.63, 3.8) is 0 Å². The van der Waals surface area contributed by atoms with E-state index >= 15 is 0 Å². The number of nitriles is 1. The Hall–Kier alpha value is -0.853. The summed E-state index contributed by atoms with van der Waals surface area (Å²) in [4.78, 5) is 0. The van der Waals surface area contributed by atoms with Crippen LogP contribution in [0.1, 0.15) is 20.3 Å². The van der Waals surface area contributed by atoms with Crippen LogP contribution >= 0.6 is 0 Å². The van der Waals surface area contributed by atoms with E-state index in [0.717, 1.165) is 6.42 Å². The molecule has 0 aromatic carbocycles. The maximum Gasteiger partial charge on any atom is 0.186 e. The van der Waals surface area contributed by atoms with Crippen LogP contribution in [0.3, 0.4) is 0 Å². The molecule has 3 heteroatoms. The van der Waals surface area contributed by atoms with E-state index in [9.17, 15) is 0 Å². The normalized spacial score (nSPS) is 16.8. The van der Waals surface area contributed by atoms with Crippen molar-refractivity contribution in [2.75, 3.05) is 0 Å². The van der Waals surface area contributed by atoms with Gasteiger partial charge in [-0.15, -0.1) is 0 Å². The Morgan fingerprint density at radius 2 is 1.93 bits per heavy atom. The molecule has 0 N–H and O–H groups in total. The van der Waals surface area contributed by atoms with Gasteiger partial charge in [0.15, 0.2) is 13.9 Å². The zero-order chi connectivity index (χ0) is 11.9. The summed E-state index contributed by atoms with van der Waals surface area (Å²) < 4.78 is 5.81. The molecule has 0 aliphatic heterocycles. The molecule has 1 atom stereocenters. The summed E-state index contributed by atoms with van der Waals surface area (Å²) in [7, 11) is -1.68. The van der Waals surface area contributed by atoms with Crippen molar-refractivity contribution in [1.82, 2.24) is 0 Å². The Balaban J connectivity index is 4.53. The zero-order valence-corrected chi connectivity index (χ0v) is 11.4. The molecule has 0 amide bonds. The van der Waals surface area contributed by atoms with Gasteiger partial charge in [-0.25, -0.2) is 0 Å². The van der Waals surface area contributed by atoms with Crippen LogP contribution in [-0.2, 0) is 4.43 Å². The minimum absolute atomic E-state index is 0.789. The lowest BCUT2D eigenvalue weighted by molar-refractivity contribution is 0.192. The van der Waals surface area contributed by atoms with E-state index in [2.05, 4.69) is 32.6 Å². The molecule has 0 aliphatic rings. The van der Waals surface area contributed by atoms with Crippen LogP contribution in [-0.4, -0.2) is 13.9 Å². The van der Waals surface area contributed by atoms with Gasteiger partial charge in [0.05, 0.1) is 0 Å². The van der Waals surface area contributed by atoms with E-state index in [-0.39, 0.29) is 0 Å². The maximum absolute atomic E-state index is 9.08. The summed E-state index contributed by atoms with van der Waals surface area (Å²) in [6.45, 7) is 10.1. The van der Waals surface area contributed by atoms with Crippen molar-refractivity contribution < 1.29 is 4.43 Å². The fraction of sp³-hybridized carbons (Fsp3) is 0.583. The third-order valence-corrected chi connectivity index (χ3v) is 2.67. The summed E-state index contributed by atoms with van der Waals surface area (Å²) in [5.74, 6) is 0. The van der Waals surface area contributed by atoms with E-state index < -0.39 is 13.9 Å². The average molecular weight is 223 g/mol. The monoisotopic (exact) mass is 223 g/mol. The second kappa shape index (κ2) is 5.89. The Bertz CT molecular complexity index is 283. The lowest BCUT2D eigenvalue weighted by Gasteiger charge is -2.27. The van der Waals surface area contributed by atoms with E-state index in [4.69, 9.17) is 9.69 Å². The van der Waals surface area contributed by atoms with Gasteiger partial charge in [-0.1, -0.05) is 25.2 Å². The molecule has 15 heavy (non-hydrogen) atoms. The van der Waals surface area contributed by atoms with E-state index in [1.807, 2.05) is 31.2 Å². The molecule has 0 radical (unpaired) electrons. The standard InChI is InChI=1S/C12H21NOSi/c1-6-7-8-9-10-12(2,11-13)14-15(3,4)5/h7-10H,6H2,1-5H3/b8-7+,10-9+. The molecule has 0 rings (SSSR count). The predicted octanol–water partition coefficient (Wildman–Crippen LogP) is 3.64. The van der Waals surface area contributed by atoms with Crippen LogP contribution in [0.2, 0.25) is 19.6 Å². The smallest absolute Gasteiger partial charge is 0.186 e. The fourth-order valence-electron chi connectivity index (χ4n) is 1.18. The number of nitrogens with zero attached hydrogens (tertiary/aromatic N) is 1. The maximum atomic E-state index is 9.08. The fourth-order valence-corrected chi connectivity index (χ4v) is 2.57. The van der Waals surface area contributed by atoms with Crippen LogP contribution in [0.25, 0.3) is 0 Å². The number of allylic oxidation sites excluding steroid dienone is 3. The molecular weight excluding hydrogens is 202 g/mol. The van der Waals surface area contributed by atoms with Crippen molar-refractivity contribution >= 4 is 8.32 Å². The number of hydrogen-bond acceptors (Lipinski definition) is 2. The number of hydrogen-bond donors (Lipinski definition) is 0. The van der Waals surface area contributed by atoms with Gasteiger partial charge in [0.25, 0.3) is 0 Å². The van der Waals surface area contributed by atoms with E-state index in [1.165, 1.54) is 0 Å². The van der Waals surface area contributed by atoms with Gasteiger partial charge in [-0.2, -0.15) is 5.26 Å². The average Bonchev–Trinajstić information content (AvgIpc) is 2.10. The molecule has 0 spiro atoms. The molecule has 84 valence electrons. The van der Waals surface area contributed by atoms with Gasteiger partial charge in [0.2, 0.25) is 0 Å². The molecule has 2 nitrogen and oxygen atoms in total. The van der Waals surface area contributed by atoms with Crippen molar-refractivity contribution in [1.29, 1.82) is 5.26 Å². The van der Waals surface area contributed by atoms with E-state index in [0.29, 0.717) is 0 Å². The van der Waals surface area contributed by atoms with Crippen molar-refractivity contribution in [3.8, 4) is 6.07 Å². The van der Waals surface area contributed by atoms with Gasteiger partial charge in [-0.05, 0) is 39.1 Å². The largest absolute Gasteiger partial charge is 0.397 e. The minimum Gasteiger partial charge on any atom is -0.397 e. The van der Waals surface area contributed by atoms with Gasteiger partial charge in [0, 0.05) is 0 Å². The third-order valence-electron chi connectivity index (χ3n) is 1.64. The van der Waals surface area contributed by atoms with Gasteiger partial charge < -0.3 is 4.43 Å².